The van der Waals surface area contributed by atoms with Gasteiger partial charge < -0.3 is 0 Å². The number of pyridine rings is 2. The quantitative estimate of drug-likeness (QED) is 0.483. The first kappa shape index (κ1) is 7.68. The third kappa shape index (κ3) is 0.970. The summed E-state index contributed by atoms with van der Waals surface area (Å²) in [4.78, 5) is 4.39. The van der Waals surface area contributed by atoms with Gasteiger partial charge in [0.05, 0.1) is 11.8 Å². The molecule has 0 saturated heterocycles. The van der Waals surface area contributed by atoms with Gasteiger partial charge in [0.1, 0.15) is 11.9 Å². The molecular weight excluding hydrogens is 172 g/mol. The minimum absolute atomic E-state index is 1.00. The van der Waals surface area contributed by atoms with Crippen LogP contribution < -0.4 is 4.57 Å². The Morgan fingerprint density at radius 2 is 2.29 bits per heavy atom. The average Bonchev–Trinajstić information content (AvgIpc) is 2.54. The SMILES string of the molecule is Cc1cc[n+]2c(c1)Cc1cccnc1-2. The molecule has 2 aromatic rings. The standard InChI is InChI=1S/C12H11N2/c1-9-4-6-14-11(7-9)8-10-3-2-5-13-12(10)14/h2-7H,8H2,1H3/q+1. The zero-order valence-corrected chi connectivity index (χ0v) is 8.07. The van der Waals surface area contributed by atoms with Crippen LogP contribution in [0.3, 0.4) is 0 Å². The van der Waals surface area contributed by atoms with Crippen molar-refractivity contribution in [2.24, 2.45) is 0 Å². The van der Waals surface area contributed by atoms with Gasteiger partial charge in [-0.05, 0) is 41.7 Å². The molecule has 3 rings (SSSR count). The second-order valence-corrected chi connectivity index (χ2v) is 3.73. The van der Waals surface area contributed by atoms with Gasteiger partial charge in [0.2, 0.25) is 0 Å². The molecule has 14 heavy (non-hydrogen) atoms. The van der Waals surface area contributed by atoms with E-state index in [4.69, 9.17) is 0 Å². The van der Waals surface area contributed by atoms with Crippen LogP contribution in [-0.2, 0) is 6.42 Å². The highest BCUT2D eigenvalue weighted by Gasteiger charge is 2.25. The van der Waals surface area contributed by atoms with Gasteiger partial charge in [0.15, 0.2) is 0 Å². The molecular formula is C12H11N2+. The summed E-state index contributed by atoms with van der Waals surface area (Å²) in [6.07, 6.45) is 4.95. The fraction of sp³-hybridized carbons (Fsp3) is 0.167. The Morgan fingerprint density at radius 1 is 1.36 bits per heavy atom. The van der Waals surface area contributed by atoms with Crippen molar-refractivity contribution in [2.75, 3.05) is 0 Å². The topological polar surface area (TPSA) is 16.8 Å². The first-order chi connectivity index (χ1) is 6.84. The van der Waals surface area contributed by atoms with Crippen LogP contribution in [0.2, 0.25) is 0 Å². The zero-order valence-electron chi connectivity index (χ0n) is 8.07. The van der Waals surface area contributed by atoms with Crippen molar-refractivity contribution >= 4 is 0 Å². The van der Waals surface area contributed by atoms with E-state index >= 15 is 0 Å². The van der Waals surface area contributed by atoms with Gasteiger partial charge in [0, 0.05) is 6.42 Å². The summed E-state index contributed by atoms with van der Waals surface area (Å²) in [5, 5.41) is 0. The molecule has 1 aliphatic rings. The highest BCUT2D eigenvalue weighted by molar-refractivity contribution is 5.34. The summed E-state index contributed by atoms with van der Waals surface area (Å²) in [5.41, 5.74) is 3.96. The number of fused-ring (bicyclic) bond motifs is 3. The number of aromatic nitrogens is 2. The van der Waals surface area contributed by atoms with Crippen LogP contribution in [-0.4, -0.2) is 4.98 Å². The molecule has 0 saturated carbocycles. The fourth-order valence-corrected chi connectivity index (χ4v) is 1.99. The lowest BCUT2D eigenvalue weighted by molar-refractivity contribution is -0.601. The van der Waals surface area contributed by atoms with Crippen LogP contribution in [0.25, 0.3) is 5.82 Å². The Labute approximate surface area is 82.9 Å². The summed E-state index contributed by atoms with van der Waals surface area (Å²) < 4.78 is 2.17. The van der Waals surface area contributed by atoms with Crippen molar-refractivity contribution in [3.63, 3.8) is 0 Å². The van der Waals surface area contributed by atoms with Gasteiger partial charge in [-0.25, -0.2) is 0 Å². The van der Waals surface area contributed by atoms with Gasteiger partial charge in [-0.1, -0.05) is 0 Å². The summed E-state index contributed by atoms with van der Waals surface area (Å²) in [7, 11) is 0. The fourth-order valence-electron chi connectivity index (χ4n) is 1.99. The molecule has 2 aromatic heterocycles. The summed E-state index contributed by atoms with van der Waals surface area (Å²) in [6.45, 7) is 2.12. The van der Waals surface area contributed by atoms with Crippen molar-refractivity contribution < 1.29 is 4.57 Å². The van der Waals surface area contributed by atoms with Gasteiger partial charge in [0.25, 0.3) is 0 Å². The highest BCUT2D eigenvalue weighted by Crippen LogP contribution is 2.18. The van der Waals surface area contributed by atoms with E-state index in [1.54, 1.807) is 0 Å². The molecule has 2 nitrogen and oxygen atoms in total. The van der Waals surface area contributed by atoms with E-state index in [0.29, 0.717) is 0 Å². The van der Waals surface area contributed by atoms with Gasteiger partial charge in [-0.3, -0.25) is 0 Å². The molecule has 0 radical (unpaired) electrons. The second-order valence-electron chi connectivity index (χ2n) is 3.73. The summed E-state index contributed by atoms with van der Waals surface area (Å²) in [5.74, 6) is 1.09. The minimum Gasteiger partial charge on any atom is -0.200 e. The Balaban J connectivity index is 2.27. The summed E-state index contributed by atoms with van der Waals surface area (Å²) >= 11 is 0. The second kappa shape index (κ2) is 2.64. The molecule has 0 unspecified atom stereocenters. The largest absolute Gasteiger partial charge is 0.331 e. The molecule has 2 heteroatoms. The first-order valence-corrected chi connectivity index (χ1v) is 4.80. The number of hydrogen-bond donors (Lipinski definition) is 0. The monoisotopic (exact) mass is 183 g/mol. The van der Waals surface area contributed by atoms with Gasteiger partial charge in [-0.15, -0.1) is 0 Å². The number of nitrogens with zero attached hydrogens (tertiary/aromatic N) is 2. The van der Waals surface area contributed by atoms with E-state index in [2.05, 4.69) is 40.9 Å². The predicted octanol–water partition coefficient (Wildman–Crippen LogP) is 1.57. The molecule has 0 aromatic carbocycles. The number of rotatable bonds is 0. The Morgan fingerprint density at radius 3 is 3.21 bits per heavy atom. The highest BCUT2D eigenvalue weighted by atomic mass is 15.1. The van der Waals surface area contributed by atoms with E-state index in [1.165, 1.54) is 16.8 Å². The van der Waals surface area contributed by atoms with Crippen molar-refractivity contribution in [1.29, 1.82) is 0 Å². The van der Waals surface area contributed by atoms with Gasteiger partial charge >= 0.3 is 5.82 Å². The van der Waals surface area contributed by atoms with Crippen LogP contribution in [0.15, 0.2) is 36.7 Å². The van der Waals surface area contributed by atoms with Crippen LogP contribution in [0.4, 0.5) is 0 Å². The maximum atomic E-state index is 4.39. The van der Waals surface area contributed by atoms with Crippen molar-refractivity contribution in [2.45, 2.75) is 13.3 Å². The molecule has 68 valence electrons. The third-order valence-electron chi connectivity index (χ3n) is 2.66. The van der Waals surface area contributed by atoms with Crippen LogP contribution in [0, 0.1) is 6.92 Å². The lowest BCUT2D eigenvalue weighted by Crippen LogP contribution is -2.32. The van der Waals surface area contributed by atoms with E-state index in [9.17, 15) is 0 Å². The smallest absolute Gasteiger partial charge is 0.200 e. The van der Waals surface area contributed by atoms with Crippen molar-refractivity contribution in [3.05, 3.63) is 53.5 Å². The number of aryl methyl sites for hydroxylation is 1. The third-order valence-corrected chi connectivity index (χ3v) is 2.66. The molecule has 0 bridgehead atoms. The van der Waals surface area contributed by atoms with Crippen LogP contribution in [0.5, 0.6) is 0 Å². The minimum atomic E-state index is 1.00. The normalized spacial score (nSPS) is 12.4. The van der Waals surface area contributed by atoms with Crippen LogP contribution >= 0.6 is 0 Å². The van der Waals surface area contributed by atoms with Crippen molar-refractivity contribution in [1.82, 2.24) is 4.98 Å². The molecule has 1 aliphatic heterocycles. The van der Waals surface area contributed by atoms with E-state index < -0.39 is 0 Å². The van der Waals surface area contributed by atoms with Gasteiger partial charge in [-0.2, -0.15) is 4.57 Å². The molecule has 0 N–H and O–H groups in total. The zero-order chi connectivity index (χ0) is 9.54. The molecule has 0 aliphatic carbocycles. The molecule has 0 spiro atoms. The average molecular weight is 183 g/mol. The molecule has 3 heterocycles. The molecule has 0 atom stereocenters. The summed E-state index contributed by atoms with van der Waals surface area (Å²) in [6, 6.07) is 8.48. The number of hydrogen-bond acceptors (Lipinski definition) is 1. The van der Waals surface area contributed by atoms with E-state index in [1.807, 2.05) is 12.3 Å². The lowest BCUT2D eigenvalue weighted by atomic mass is 10.1. The van der Waals surface area contributed by atoms with E-state index in [-0.39, 0.29) is 0 Å². The lowest BCUT2D eigenvalue weighted by Gasteiger charge is -1.96. The van der Waals surface area contributed by atoms with Crippen molar-refractivity contribution in [3.8, 4) is 5.82 Å². The Bertz CT molecular complexity index is 503. The Kier molecular flexibility index (Phi) is 1.45. The first-order valence-electron chi connectivity index (χ1n) is 4.80. The maximum absolute atomic E-state index is 4.39. The van der Waals surface area contributed by atoms with E-state index in [0.717, 1.165) is 12.2 Å². The molecule has 0 amide bonds. The van der Waals surface area contributed by atoms with Crippen LogP contribution in [0.1, 0.15) is 16.8 Å². The maximum Gasteiger partial charge on any atom is 0.331 e. The predicted molar refractivity (Wildman–Crippen MR) is 53.3 cm³/mol. The molecule has 0 fully saturated rings. The Hall–Kier alpha value is -1.70.